The Hall–Kier alpha value is -2.01. The minimum Gasteiger partial charge on any atom is -0.384 e. The summed E-state index contributed by atoms with van der Waals surface area (Å²) in [6, 6.07) is 5.12. The van der Waals surface area contributed by atoms with Crippen LogP contribution in [0.5, 0.6) is 0 Å². The number of hydrogen-bond donors (Lipinski definition) is 2. The van der Waals surface area contributed by atoms with Crippen LogP contribution in [0.4, 0.5) is 11.5 Å². The predicted molar refractivity (Wildman–Crippen MR) is 76.4 cm³/mol. The molecular formula is C13H15ClN4O. The molecular weight excluding hydrogens is 264 g/mol. The van der Waals surface area contributed by atoms with Crippen molar-refractivity contribution in [3.8, 4) is 0 Å². The first-order valence-corrected chi connectivity index (χ1v) is 6.25. The third-order valence-corrected chi connectivity index (χ3v) is 2.86. The maximum Gasteiger partial charge on any atom is 0.272 e. The normalized spacial score (nSPS) is 10.7. The first kappa shape index (κ1) is 13.4. The molecule has 0 saturated heterocycles. The van der Waals surface area contributed by atoms with Crippen LogP contribution in [-0.2, 0) is 0 Å². The summed E-state index contributed by atoms with van der Waals surface area (Å²) in [5, 5.41) is 3.29. The molecule has 2 aromatic heterocycles. The largest absolute Gasteiger partial charge is 0.384 e. The average Bonchev–Trinajstić information content (AvgIpc) is 2.74. The van der Waals surface area contributed by atoms with Gasteiger partial charge in [-0.15, -0.1) is 0 Å². The van der Waals surface area contributed by atoms with Crippen molar-refractivity contribution in [2.45, 2.75) is 19.9 Å². The molecule has 3 N–H and O–H groups in total. The lowest BCUT2D eigenvalue weighted by molar-refractivity contribution is 0.101. The van der Waals surface area contributed by atoms with Crippen LogP contribution < -0.4 is 11.1 Å². The lowest BCUT2D eigenvalue weighted by Gasteiger charge is -2.12. The van der Waals surface area contributed by atoms with E-state index in [0.29, 0.717) is 22.2 Å². The molecule has 2 aromatic rings. The van der Waals surface area contributed by atoms with Gasteiger partial charge in [-0.2, -0.15) is 0 Å². The molecule has 2 rings (SSSR count). The number of hydrogen-bond acceptors (Lipinski definition) is 3. The first-order chi connectivity index (χ1) is 8.97. The third kappa shape index (κ3) is 3.06. The van der Waals surface area contributed by atoms with Gasteiger partial charge >= 0.3 is 0 Å². The molecule has 2 heterocycles. The van der Waals surface area contributed by atoms with Gasteiger partial charge in [0.2, 0.25) is 0 Å². The summed E-state index contributed by atoms with van der Waals surface area (Å²) in [7, 11) is 0. The maximum absolute atomic E-state index is 12.2. The number of nitrogens with one attached hydrogen (secondary N) is 1. The van der Waals surface area contributed by atoms with Crippen molar-refractivity contribution >= 4 is 29.0 Å². The number of carbonyl (C=O) groups excluding carboxylic acids is 1. The van der Waals surface area contributed by atoms with E-state index in [1.807, 2.05) is 18.4 Å². The van der Waals surface area contributed by atoms with Crippen LogP contribution >= 0.6 is 11.6 Å². The quantitative estimate of drug-likeness (QED) is 0.906. The Morgan fingerprint density at radius 1 is 1.47 bits per heavy atom. The Bertz CT molecular complexity index is 589. The highest BCUT2D eigenvalue weighted by Gasteiger charge is 2.15. The molecule has 6 heteroatoms. The van der Waals surface area contributed by atoms with Gasteiger partial charge in [0.05, 0.1) is 16.9 Å². The Labute approximate surface area is 116 Å². The van der Waals surface area contributed by atoms with Crippen molar-refractivity contribution in [1.82, 2.24) is 9.55 Å². The predicted octanol–water partition coefficient (Wildman–Crippen LogP) is 2.95. The second kappa shape index (κ2) is 5.32. The second-order valence-electron chi connectivity index (χ2n) is 4.47. The molecule has 0 aromatic carbocycles. The van der Waals surface area contributed by atoms with E-state index in [1.54, 1.807) is 24.4 Å². The SMILES string of the molecule is CC(C)n1cc(Cl)cc1C(=O)Nc1ccc(N)nc1. The molecule has 0 aliphatic carbocycles. The van der Waals surface area contributed by atoms with Gasteiger partial charge in [0.25, 0.3) is 5.91 Å². The van der Waals surface area contributed by atoms with Crippen LogP contribution in [0.15, 0.2) is 30.6 Å². The van der Waals surface area contributed by atoms with Crippen LogP contribution in [0.25, 0.3) is 0 Å². The van der Waals surface area contributed by atoms with E-state index < -0.39 is 0 Å². The molecule has 0 aliphatic rings. The summed E-state index contributed by atoms with van der Waals surface area (Å²) in [4.78, 5) is 16.1. The number of nitrogens with zero attached hydrogens (tertiary/aromatic N) is 2. The van der Waals surface area contributed by atoms with E-state index in [-0.39, 0.29) is 11.9 Å². The summed E-state index contributed by atoms with van der Waals surface area (Å²) >= 11 is 5.95. The van der Waals surface area contributed by atoms with E-state index in [1.165, 1.54) is 6.20 Å². The maximum atomic E-state index is 12.2. The number of carbonyl (C=O) groups is 1. The van der Waals surface area contributed by atoms with Gasteiger partial charge in [0.15, 0.2) is 0 Å². The zero-order valence-corrected chi connectivity index (χ0v) is 11.5. The number of amides is 1. The zero-order chi connectivity index (χ0) is 14.0. The number of halogens is 1. The Kier molecular flexibility index (Phi) is 3.76. The minimum absolute atomic E-state index is 0.151. The van der Waals surface area contributed by atoms with Crippen LogP contribution in [0.2, 0.25) is 5.02 Å². The van der Waals surface area contributed by atoms with Crippen molar-refractivity contribution in [3.63, 3.8) is 0 Å². The molecule has 0 saturated carbocycles. The fourth-order valence-electron chi connectivity index (χ4n) is 1.73. The van der Waals surface area contributed by atoms with Crippen molar-refractivity contribution in [3.05, 3.63) is 41.3 Å². The molecule has 1 amide bonds. The van der Waals surface area contributed by atoms with Crippen LogP contribution in [0, 0.1) is 0 Å². The fraction of sp³-hybridized carbons (Fsp3) is 0.231. The van der Waals surface area contributed by atoms with Crippen molar-refractivity contribution in [2.75, 3.05) is 11.1 Å². The Morgan fingerprint density at radius 3 is 2.79 bits per heavy atom. The monoisotopic (exact) mass is 278 g/mol. The van der Waals surface area contributed by atoms with Crippen LogP contribution in [-0.4, -0.2) is 15.5 Å². The topological polar surface area (TPSA) is 72.9 Å². The van der Waals surface area contributed by atoms with Gasteiger partial charge in [-0.25, -0.2) is 4.98 Å². The molecule has 0 unspecified atom stereocenters. The highest BCUT2D eigenvalue weighted by atomic mass is 35.5. The first-order valence-electron chi connectivity index (χ1n) is 5.87. The second-order valence-corrected chi connectivity index (χ2v) is 4.91. The summed E-state index contributed by atoms with van der Waals surface area (Å²) in [5.74, 6) is 0.179. The van der Waals surface area contributed by atoms with E-state index in [9.17, 15) is 4.79 Å². The van der Waals surface area contributed by atoms with E-state index in [2.05, 4.69) is 10.3 Å². The highest BCUT2D eigenvalue weighted by molar-refractivity contribution is 6.31. The number of nitrogen functional groups attached to an aromatic ring is 1. The number of aromatic nitrogens is 2. The van der Waals surface area contributed by atoms with Gasteiger partial charge in [-0.3, -0.25) is 4.79 Å². The van der Waals surface area contributed by atoms with Crippen molar-refractivity contribution in [1.29, 1.82) is 0 Å². The summed E-state index contributed by atoms with van der Waals surface area (Å²) < 4.78 is 1.82. The van der Waals surface area contributed by atoms with Crippen molar-refractivity contribution < 1.29 is 4.79 Å². The van der Waals surface area contributed by atoms with Gasteiger partial charge in [0.1, 0.15) is 11.5 Å². The summed E-state index contributed by atoms with van der Waals surface area (Å²) in [6.07, 6.45) is 3.25. The molecule has 0 bridgehead atoms. The highest BCUT2D eigenvalue weighted by Crippen LogP contribution is 2.20. The van der Waals surface area contributed by atoms with Gasteiger partial charge in [0, 0.05) is 12.2 Å². The van der Waals surface area contributed by atoms with Crippen molar-refractivity contribution in [2.24, 2.45) is 0 Å². The number of nitrogens with two attached hydrogens (primary N) is 1. The average molecular weight is 279 g/mol. The molecule has 0 spiro atoms. The fourth-order valence-corrected chi connectivity index (χ4v) is 1.94. The van der Waals surface area contributed by atoms with Crippen LogP contribution in [0.3, 0.4) is 0 Å². The van der Waals surface area contributed by atoms with E-state index in [0.717, 1.165) is 0 Å². The third-order valence-electron chi connectivity index (χ3n) is 2.65. The Morgan fingerprint density at radius 2 is 2.21 bits per heavy atom. The molecule has 0 atom stereocenters. The molecule has 100 valence electrons. The number of pyridine rings is 1. The Balaban J connectivity index is 2.22. The smallest absolute Gasteiger partial charge is 0.272 e. The van der Waals surface area contributed by atoms with E-state index in [4.69, 9.17) is 17.3 Å². The lowest BCUT2D eigenvalue weighted by Crippen LogP contribution is -2.17. The molecule has 0 fully saturated rings. The standard InChI is InChI=1S/C13H15ClN4O/c1-8(2)18-7-9(14)5-11(18)13(19)17-10-3-4-12(15)16-6-10/h3-8H,1-2H3,(H2,15,16)(H,17,19). The molecule has 0 radical (unpaired) electrons. The number of rotatable bonds is 3. The zero-order valence-electron chi connectivity index (χ0n) is 10.7. The molecule has 5 nitrogen and oxygen atoms in total. The number of anilines is 2. The van der Waals surface area contributed by atoms with Gasteiger partial charge < -0.3 is 15.6 Å². The lowest BCUT2D eigenvalue weighted by atomic mass is 10.3. The van der Waals surface area contributed by atoms with E-state index >= 15 is 0 Å². The summed E-state index contributed by atoms with van der Waals surface area (Å²) in [6.45, 7) is 3.97. The minimum atomic E-state index is -0.229. The van der Waals surface area contributed by atoms with Gasteiger partial charge in [-0.05, 0) is 32.0 Å². The van der Waals surface area contributed by atoms with Gasteiger partial charge in [-0.1, -0.05) is 11.6 Å². The summed E-state index contributed by atoms with van der Waals surface area (Å²) in [5.41, 5.74) is 6.59. The van der Waals surface area contributed by atoms with Crippen LogP contribution in [0.1, 0.15) is 30.4 Å². The molecule has 19 heavy (non-hydrogen) atoms. The molecule has 0 aliphatic heterocycles.